The minimum Gasteiger partial charge on any atom is -0.480 e. The topological polar surface area (TPSA) is 106 Å². The Labute approximate surface area is 212 Å². The number of thioether (sulfide) groups is 1. The van der Waals surface area contributed by atoms with Gasteiger partial charge in [-0.25, -0.2) is 9.48 Å². The molecule has 1 aromatic carbocycles. The Bertz CT molecular complexity index is 1060. The first-order chi connectivity index (χ1) is 16.7. The summed E-state index contributed by atoms with van der Waals surface area (Å²) in [5.41, 5.74) is 0.348. The summed E-state index contributed by atoms with van der Waals surface area (Å²) in [6.45, 7) is 7.00. The Morgan fingerprint density at radius 2 is 1.74 bits per heavy atom. The average molecular weight is 505 g/mol. The molecule has 2 aromatic rings. The second kappa shape index (κ2) is 14.1. The van der Waals surface area contributed by atoms with Crippen molar-refractivity contribution in [3.05, 3.63) is 50.7 Å². The maximum atomic E-state index is 12.4. The monoisotopic (exact) mass is 504 g/mol. The molecule has 0 saturated carbocycles. The van der Waals surface area contributed by atoms with Crippen molar-refractivity contribution in [2.24, 2.45) is 7.05 Å². The van der Waals surface area contributed by atoms with E-state index >= 15 is 0 Å². The molecule has 1 heterocycles. The number of nitrogens with one attached hydrogen (secondary N) is 1. The van der Waals surface area contributed by atoms with E-state index in [2.05, 4.69) is 17.3 Å². The predicted molar refractivity (Wildman–Crippen MR) is 143 cm³/mol. The lowest BCUT2D eigenvalue weighted by Gasteiger charge is -2.23. The summed E-state index contributed by atoms with van der Waals surface area (Å²) >= 11 is 1.39. The second-order valence-electron chi connectivity index (χ2n) is 9.20. The van der Waals surface area contributed by atoms with Crippen molar-refractivity contribution in [1.29, 1.82) is 0 Å². The highest BCUT2D eigenvalue weighted by Gasteiger charge is 2.33. The van der Waals surface area contributed by atoms with Crippen LogP contribution in [0.5, 0.6) is 0 Å². The predicted octanol–water partition coefficient (Wildman–Crippen LogP) is 4.69. The lowest BCUT2D eigenvalue weighted by molar-refractivity contribution is -0.139. The van der Waals surface area contributed by atoms with Crippen LogP contribution in [0.1, 0.15) is 77.7 Å². The quantitative estimate of drug-likeness (QED) is 0.252. The molecule has 0 saturated heterocycles. The number of aromatic nitrogens is 3. The molecule has 1 aromatic heterocycles. The maximum Gasteiger partial charge on any atom is 0.347 e. The van der Waals surface area contributed by atoms with Gasteiger partial charge in [-0.1, -0.05) is 58.1 Å². The SMILES string of the molecule is CCCCCCCn1nc(NCCCc2ccc(SC(C)(CCC)C(=O)O)cc2)c(=O)n(C)c1=O. The molecule has 0 bridgehead atoms. The van der Waals surface area contributed by atoms with E-state index in [9.17, 15) is 19.5 Å². The molecule has 2 rings (SSSR count). The zero-order valence-corrected chi connectivity index (χ0v) is 22.3. The lowest BCUT2D eigenvalue weighted by atomic mass is 10.1. The molecule has 0 amide bonds. The van der Waals surface area contributed by atoms with Gasteiger partial charge in [0.05, 0.1) is 0 Å². The van der Waals surface area contributed by atoms with Gasteiger partial charge in [0.25, 0.3) is 5.56 Å². The van der Waals surface area contributed by atoms with Gasteiger partial charge < -0.3 is 10.4 Å². The van der Waals surface area contributed by atoms with E-state index in [-0.39, 0.29) is 11.5 Å². The van der Waals surface area contributed by atoms with Crippen LogP contribution < -0.4 is 16.6 Å². The van der Waals surface area contributed by atoms with Crippen LogP contribution in [0.25, 0.3) is 0 Å². The zero-order valence-electron chi connectivity index (χ0n) is 21.5. The Hall–Kier alpha value is -2.55. The van der Waals surface area contributed by atoms with Crippen LogP contribution >= 0.6 is 11.8 Å². The van der Waals surface area contributed by atoms with Crippen LogP contribution in [0, 0.1) is 0 Å². The number of hydrogen-bond acceptors (Lipinski definition) is 6. The van der Waals surface area contributed by atoms with Crippen LogP contribution in [0.2, 0.25) is 0 Å². The highest BCUT2D eigenvalue weighted by atomic mass is 32.2. The van der Waals surface area contributed by atoms with Gasteiger partial charge in [0.2, 0.25) is 5.82 Å². The Morgan fingerprint density at radius 1 is 1.06 bits per heavy atom. The summed E-state index contributed by atoms with van der Waals surface area (Å²) in [5.74, 6) is -0.585. The van der Waals surface area contributed by atoms with Crippen molar-refractivity contribution in [2.45, 2.75) is 94.7 Å². The fourth-order valence-electron chi connectivity index (χ4n) is 3.91. The molecular weight excluding hydrogens is 464 g/mol. The molecule has 0 spiro atoms. The van der Waals surface area contributed by atoms with Crippen molar-refractivity contribution in [2.75, 3.05) is 11.9 Å². The molecule has 0 radical (unpaired) electrons. The smallest absolute Gasteiger partial charge is 0.347 e. The molecule has 1 unspecified atom stereocenters. The Morgan fingerprint density at radius 3 is 2.37 bits per heavy atom. The van der Waals surface area contributed by atoms with Gasteiger partial charge in [-0.15, -0.1) is 16.9 Å². The van der Waals surface area contributed by atoms with E-state index in [0.29, 0.717) is 19.5 Å². The number of nitrogens with zero attached hydrogens (tertiary/aromatic N) is 3. The summed E-state index contributed by atoms with van der Waals surface area (Å²) in [6, 6.07) is 7.98. The molecule has 0 aliphatic heterocycles. The van der Waals surface area contributed by atoms with Gasteiger partial charge in [-0.2, -0.15) is 0 Å². The van der Waals surface area contributed by atoms with Gasteiger partial charge >= 0.3 is 11.7 Å². The van der Waals surface area contributed by atoms with Crippen LogP contribution in [0.4, 0.5) is 5.82 Å². The minimum absolute atomic E-state index is 0.205. The second-order valence-corrected chi connectivity index (χ2v) is 10.8. The number of anilines is 1. The number of carboxylic acid groups (broad SMARTS) is 1. The summed E-state index contributed by atoms with van der Waals surface area (Å²) in [5, 5.41) is 17.0. The van der Waals surface area contributed by atoms with E-state index in [1.165, 1.54) is 36.3 Å². The average Bonchev–Trinajstić information content (AvgIpc) is 2.83. The highest BCUT2D eigenvalue weighted by molar-refractivity contribution is 8.01. The van der Waals surface area contributed by atoms with E-state index in [0.717, 1.165) is 53.6 Å². The molecule has 194 valence electrons. The van der Waals surface area contributed by atoms with Crippen molar-refractivity contribution in [3.8, 4) is 0 Å². The van der Waals surface area contributed by atoms with E-state index in [4.69, 9.17) is 0 Å². The van der Waals surface area contributed by atoms with E-state index in [1.807, 2.05) is 31.2 Å². The Balaban J connectivity index is 1.90. The molecule has 8 nitrogen and oxygen atoms in total. The zero-order chi connectivity index (χ0) is 25.8. The number of benzene rings is 1. The van der Waals surface area contributed by atoms with Crippen LogP contribution in [-0.2, 0) is 24.8 Å². The van der Waals surface area contributed by atoms with Crippen LogP contribution in [0.15, 0.2) is 38.8 Å². The van der Waals surface area contributed by atoms with Gasteiger partial charge in [0.1, 0.15) is 4.75 Å². The van der Waals surface area contributed by atoms with E-state index < -0.39 is 16.3 Å². The summed E-state index contributed by atoms with van der Waals surface area (Å²) in [7, 11) is 1.49. The normalized spacial score (nSPS) is 12.9. The Kier molecular flexibility index (Phi) is 11.6. The van der Waals surface area contributed by atoms with Crippen molar-refractivity contribution in [1.82, 2.24) is 14.3 Å². The maximum absolute atomic E-state index is 12.4. The number of rotatable bonds is 16. The summed E-state index contributed by atoms with van der Waals surface area (Å²) in [4.78, 5) is 37.4. The van der Waals surface area contributed by atoms with Crippen LogP contribution in [0.3, 0.4) is 0 Å². The molecule has 0 fully saturated rings. The van der Waals surface area contributed by atoms with Gasteiger partial charge in [-0.05, 0) is 50.3 Å². The van der Waals surface area contributed by atoms with Gasteiger partial charge in [0, 0.05) is 25.0 Å². The van der Waals surface area contributed by atoms with Crippen molar-refractivity contribution in [3.63, 3.8) is 0 Å². The first kappa shape index (κ1) is 28.7. The number of unbranched alkanes of at least 4 members (excludes halogenated alkanes) is 4. The number of carbonyl (C=O) groups is 1. The molecule has 2 N–H and O–H groups in total. The van der Waals surface area contributed by atoms with Crippen molar-refractivity contribution < 1.29 is 9.90 Å². The van der Waals surface area contributed by atoms with Gasteiger partial charge in [0.15, 0.2) is 0 Å². The standard InChI is InChI=1S/C26H40N4O4S/c1-5-7-8-9-10-19-30-25(34)29(4)23(31)22(28-30)27-18-11-12-20-13-15-21(16-14-20)35-26(3,17-6-2)24(32)33/h13-16H,5-12,17-19H2,1-4H3,(H,27,28)(H,32,33). The third kappa shape index (κ3) is 8.56. The lowest BCUT2D eigenvalue weighted by Crippen LogP contribution is -2.41. The van der Waals surface area contributed by atoms with E-state index in [1.54, 1.807) is 6.92 Å². The first-order valence-electron chi connectivity index (χ1n) is 12.6. The highest BCUT2D eigenvalue weighted by Crippen LogP contribution is 2.36. The molecule has 0 aliphatic rings. The number of aliphatic carboxylic acids is 1. The summed E-state index contributed by atoms with van der Waals surface area (Å²) in [6.07, 6.45) is 8.41. The fourth-order valence-corrected chi connectivity index (χ4v) is 5.09. The molecule has 9 heteroatoms. The van der Waals surface area contributed by atoms with Gasteiger partial charge in [-0.3, -0.25) is 14.2 Å². The largest absolute Gasteiger partial charge is 0.480 e. The first-order valence-corrected chi connectivity index (χ1v) is 13.5. The third-order valence-corrected chi connectivity index (χ3v) is 7.43. The minimum atomic E-state index is -0.828. The molecular formula is C26H40N4O4S. The summed E-state index contributed by atoms with van der Waals surface area (Å²) < 4.78 is 1.67. The number of hydrogen-bond donors (Lipinski definition) is 2. The molecule has 35 heavy (non-hydrogen) atoms. The van der Waals surface area contributed by atoms with Crippen molar-refractivity contribution >= 4 is 23.5 Å². The number of carboxylic acids is 1. The fraction of sp³-hybridized carbons (Fsp3) is 0.615. The third-order valence-electron chi connectivity index (χ3n) is 6.09. The van der Waals surface area contributed by atoms with Crippen LogP contribution in [-0.4, -0.2) is 36.7 Å². The molecule has 1 atom stereocenters. The number of aryl methyl sites for hydroxylation is 2. The molecule has 0 aliphatic carbocycles.